The van der Waals surface area contributed by atoms with E-state index < -0.39 is 0 Å². The number of nitrogens with one attached hydrogen (secondary N) is 2. The molecule has 1 aromatic carbocycles. The van der Waals surface area contributed by atoms with Gasteiger partial charge in [0.1, 0.15) is 23.4 Å². The van der Waals surface area contributed by atoms with Gasteiger partial charge in [-0.15, -0.1) is 0 Å². The van der Waals surface area contributed by atoms with Crippen LogP contribution in [0.5, 0.6) is 0 Å². The maximum Gasteiger partial charge on any atom is 0.148 e. The lowest BCUT2D eigenvalue weighted by Crippen LogP contribution is -2.18. The zero-order valence-corrected chi connectivity index (χ0v) is 12.6. The third-order valence-corrected chi connectivity index (χ3v) is 3.65. The summed E-state index contributed by atoms with van der Waals surface area (Å²) in [5, 5.41) is 14.9. The molecule has 1 atom stereocenters. The Balaban J connectivity index is 1.65. The van der Waals surface area contributed by atoms with Crippen LogP contribution < -0.4 is 10.6 Å². The van der Waals surface area contributed by atoms with Gasteiger partial charge in [-0.05, 0) is 43.2 Å². The zero-order valence-electron chi connectivity index (χ0n) is 12.6. The average Bonchev–Trinajstić information content (AvgIpc) is 3.08. The minimum Gasteiger partial charge on any atom is -0.380 e. The van der Waals surface area contributed by atoms with Gasteiger partial charge in [0.05, 0.1) is 11.8 Å². The van der Waals surface area contributed by atoms with Gasteiger partial charge in [-0.3, -0.25) is 0 Å². The number of nitriles is 1. The van der Waals surface area contributed by atoms with Crippen molar-refractivity contribution in [2.75, 3.05) is 23.8 Å². The molecule has 1 saturated heterocycles. The Kier molecular flexibility index (Phi) is 4.69. The van der Waals surface area contributed by atoms with Crippen LogP contribution >= 0.6 is 0 Å². The first kappa shape index (κ1) is 15.3. The molecule has 2 heterocycles. The molecule has 0 saturated carbocycles. The SMILES string of the molecule is N#Cc1cccc(Nc2ccc(NCC3CCCO3)c(F)c2)n1. The van der Waals surface area contributed by atoms with E-state index in [9.17, 15) is 4.39 Å². The monoisotopic (exact) mass is 312 g/mol. The summed E-state index contributed by atoms with van der Waals surface area (Å²) in [6.07, 6.45) is 2.23. The highest BCUT2D eigenvalue weighted by molar-refractivity contribution is 5.61. The molecule has 3 rings (SSSR count). The smallest absolute Gasteiger partial charge is 0.148 e. The Labute approximate surface area is 134 Å². The zero-order chi connectivity index (χ0) is 16.1. The molecule has 1 aromatic heterocycles. The van der Waals surface area contributed by atoms with Crippen molar-refractivity contribution in [2.24, 2.45) is 0 Å². The van der Waals surface area contributed by atoms with Gasteiger partial charge >= 0.3 is 0 Å². The van der Waals surface area contributed by atoms with Crippen LogP contribution in [0.3, 0.4) is 0 Å². The highest BCUT2D eigenvalue weighted by atomic mass is 19.1. The molecule has 0 bridgehead atoms. The first-order valence-electron chi connectivity index (χ1n) is 7.54. The number of ether oxygens (including phenoxy) is 1. The van der Waals surface area contributed by atoms with Crippen LogP contribution in [0, 0.1) is 17.1 Å². The Hall–Kier alpha value is -2.65. The second-order valence-corrected chi connectivity index (χ2v) is 5.36. The molecule has 23 heavy (non-hydrogen) atoms. The van der Waals surface area contributed by atoms with Gasteiger partial charge in [-0.1, -0.05) is 6.07 Å². The van der Waals surface area contributed by atoms with Crippen LogP contribution in [0.25, 0.3) is 0 Å². The summed E-state index contributed by atoms with van der Waals surface area (Å²) in [4.78, 5) is 4.10. The van der Waals surface area contributed by atoms with E-state index in [2.05, 4.69) is 15.6 Å². The van der Waals surface area contributed by atoms with Crippen LogP contribution in [0.4, 0.5) is 21.6 Å². The van der Waals surface area contributed by atoms with E-state index in [4.69, 9.17) is 10.00 Å². The van der Waals surface area contributed by atoms with Crippen molar-refractivity contribution in [3.63, 3.8) is 0 Å². The third-order valence-electron chi connectivity index (χ3n) is 3.65. The molecule has 1 aliphatic rings. The maximum atomic E-state index is 14.2. The van der Waals surface area contributed by atoms with E-state index in [1.54, 1.807) is 30.3 Å². The molecule has 0 aliphatic carbocycles. The molecule has 0 amide bonds. The predicted octanol–water partition coefficient (Wildman–Crippen LogP) is 3.43. The fourth-order valence-corrected chi connectivity index (χ4v) is 2.48. The highest BCUT2D eigenvalue weighted by Crippen LogP contribution is 2.22. The van der Waals surface area contributed by atoms with E-state index in [-0.39, 0.29) is 11.9 Å². The Morgan fingerprint density at radius 2 is 2.26 bits per heavy atom. The Bertz CT molecular complexity index is 723. The Morgan fingerprint density at radius 3 is 3.00 bits per heavy atom. The molecule has 118 valence electrons. The summed E-state index contributed by atoms with van der Waals surface area (Å²) in [5.74, 6) is 0.160. The van der Waals surface area contributed by atoms with Gasteiger partial charge in [-0.2, -0.15) is 5.26 Å². The molecule has 1 aliphatic heterocycles. The van der Waals surface area contributed by atoms with E-state index in [0.717, 1.165) is 19.4 Å². The molecule has 2 N–H and O–H groups in total. The van der Waals surface area contributed by atoms with E-state index in [1.165, 1.54) is 6.07 Å². The summed E-state index contributed by atoms with van der Waals surface area (Å²) in [5.41, 5.74) is 1.34. The number of pyridine rings is 1. The van der Waals surface area contributed by atoms with Gasteiger partial charge in [0.2, 0.25) is 0 Å². The maximum absolute atomic E-state index is 14.2. The average molecular weight is 312 g/mol. The number of nitrogens with zero attached hydrogens (tertiary/aromatic N) is 2. The summed E-state index contributed by atoms with van der Waals surface area (Å²) in [6.45, 7) is 1.39. The fourth-order valence-electron chi connectivity index (χ4n) is 2.48. The summed E-state index contributed by atoms with van der Waals surface area (Å²) >= 11 is 0. The number of halogens is 1. The molecule has 0 spiro atoms. The fraction of sp³-hybridized carbons (Fsp3) is 0.294. The molecule has 0 radical (unpaired) electrons. The second kappa shape index (κ2) is 7.07. The lowest BCUT2D eigenvalue weighted by molar-refractivity contribution is 0.120. The van der Waals surface area contributed by atoms with Crippen LogP contribution in [0.15, 0.2) is 36.4 Å². The molecule has 5 nitrogen and oxygen atoms in total. The van der Waals surface area contributed by atoms with Crippen molar-refractivity contribution in [1.29, 1.82) is 5.26 Å². The molecular weight excluding hydrogens is 295 g/mol. The first-order valence-corrected chi connectivity index (χ1v) is 7.54. The van der Waals surface area contributed by atoms with E-state index in [0.29, 0.717) is 29.4 Å². The van der Waals surface area contributed by atoms with Crippen molar-refractivity contribution < 1.29 is 9.13 Å². The quantitative estimate of drug-likeness (QED) is 0.885. The highest BCUT2D eigenvalue weighted by Gasteiger charge is 2.15. The topological polar surface area (TPSA) is 70.0 Å². The molecule has 6 heteroatoms. The largest absolute Gasteiger partial charge is 0.380 e. The van der Waals surface area contributed by atoms with Gasteiger partial charge in [-0.25, -0.2) is 9.37 Å². The van der Waals surface area contributed by atoms with Crippen molar-refractivity contribution in [3.8, 4) is 6.07 Å². The number of aromatic nitrogens is 1. The van der Waals surface area contributed by atoms with Gasteiger partial charge in [0.15, 0.2) is 0 Å². The van der Waals surface area contributed by atoms with Crippen LogP contribution in [-0.4, -0.2) is 24.2 Å². The molecule has 2 aromatic rings. The van der Waals surface area contributed by atoms with E-state index in [1.807, 2.05) is 6.07 Å². The summed E-state index contributed by atoms with van der Waals surface area (Å²) in [7, 11) is 0. The van der Waals surface area contributed by atoms with Crippen molar-refractivity contribution >= 4 is 17.2 Å². The Morgan fingerprint density at radius 1 is 1.35 bits per heavy atom. The lowest BCUT2D eigenvalue weighted by atomic mass is 10.2. The second-order valence-electron chi connectivity index (χ2n) is 5.36. The van der Waals surface area contributed by atoms with Gasteiger partial charge in [0, 0.05) is 18.8 Å². The van der Waals surface area contributed by atoms with Gasteiger partial charge in [0.25, 0.3) is 0 Å². The van der Waals surface area contributed by atoms with Crippen molar-refractivity contribution in [2.45, 2.75) is 18.9 Å². The van der Waals surface area contributed by atoms with Crippen LogP contribution in [0.2, 0.25) is 0 Å². The number of anilines is 3. The normalized spacial score (nSPS) is 16.8. The standard InChI is InChI=1S/C17H17FN4O/c18-15-9-12(21-17-5-1-3-13(10-19)22-17)6-7-16(15)20-11-14-4-2-8-23-14/h1,3,5-7,9,14,20H,2,4,8,11H2,(H,21,22). The lowest BCUT2D eigenvalue weighted by Gasteiger charge is -2.13. The predicted molar refractivity (Wildman–Crippen MR) is 86.1 cm³/mol. The van der Waals surface area contributed by atoms with Gasteiger partial charge < -0.3 is 15.4 Å². The number of hydrogen-bond acceptors (Lipinski definition) is 5. The summed E-state index contributed by atoms with van der Waals surface area (Å²) in [6, 6.07) is 11.9. The first-order chi connectivity index (χ1) is 11.2. The molecule has 1 fully saturated rings. The minimum absolute atomic E-state index is 0.158. The molecule has 1 unspecified atom stereocenters. The number of benzene rings is 1. The number of rotatable bonds is 5. The van der Waals surface area contributed by atoms with Crippen LogP contribution in [0.1, 0.15) is 18.5 Å². The van der Waals surface area contributed by atoms with Crippen molar-refractivity contribution in [1.82, 2.24) is 4.98 Å². The minimum atomic E-state index is -0.343. The van der Waals surface area contributed by atoms with Crippen LogP contribution in [-0.2, 0) is 4.74 Å². The summed E-state index contributed by atoms with van der Waals surface area (Å²) < 4.78 is 19.7. The van der Waals surface area contributed by atoms with Crippen molar-refractivity contribution in [3.05, 3.63) is 47.9 Å². The van der Waals surface area contributed by atoms with E-state index >= 15 is 0 Å². The third kappa shape index (κ3) is 3.96. The molecular formula is C17H17FN4O. The number of hydrogen-bond donors (Lipinski definition) is 2.